The SMILES string of the molecule is CCCCN(CCCC)CCCN1C(=O)C(=O)C(=C(O)c2ccc(C)cc2)[C@H]1c1ccc([N+](=O)[O-])cc1. The molecule has 1 aliphatic rings. The van der Waals surface area contributed by atoms with Gasteiger partial charge < -0.3 is 14.9 Å². The second kappa shape index (κ2) is 13.1. The Labute approximate surface area is 218 Å². The van der Waals surface area contributed by atoms with Crippen LogP contribution in [0.4, 0.5) is 5.69 Å². The molecular weight excluding hydrogens is 470 g/mol. The number of rotatable bonds is 13. The van der Waals surface area contributed by atoms with Crippen molar-refractivity contribution >= 4 is 23.1 Å². The maximum absolute atomic E-state index is 13.2. The van der Waals surface area contributed by atoms with Crippen molar-refractivity contribution in [2.24, 2.45) is 0 Å². The molecule has 0 unspecified atom stereocenters. The first kappa shape index (κ1) is 28.1. The highest BCUT2D eigenvalue weighted by atomic mass is 16.6. The number of ketones is 1. The van der Waals surface area contributed by atoms with E-state index in [0.29, 0.717) is 24.1 Å². The Morgan fingerprint density at radius 1 is 0.946 bits per heavy atom. The minimum atomic E-state index is -0.818. The standard InChI is InChI=1S/C29H37N3O5/c1-4-6-17-30(18-7-5-2)19-8-20-31-26(22-13-15-24(16-14-22)32(36)37)25(28(34)29(31)35)27(33)23-11-9-21(3)10-12-23/h9-16,26,33H,4-8,17-20H2,1-3H3/t26-/m1/s1. The number of amides is 1. The molecule has 0 radical (unpaired) electrons. The molecule has 0 bridgehead atoms. The van der Waals surface area contributed by atoms with Gasteiger partial charge in [-0.25, -0.2) is 0 Å². The minimum absolute atomic E-state index is 0.0107. The third-order valence-electron chi connectivity index (χ3n) is 6.81. The molecule has 2 aromatic rings. The van der Waals surface area contributed by atoms with Crippen LogP contribution in [0.5, 0.6) is 0 Å². The van der Waals surface area contributed by atoms with Crippen LogP contribution in [0, 0.1) is 17.0 Å². The molecule has 1 N–H and O–H groups in total. The van der Waals surface area contributed by atoms with Crippen LogP contribution in [0.2, 0.25) is 0 Å². The molecule has 37 heavy (non-hydrogen) atoms. The number of aryl methyl sites for hydroxylation is 1. The Morgan fingerprint density at radius 3 is 2.05 bits per heavy atom. The highest BCUT2D eigenvalue weighted by Crippen LogP contribution is 2.40. The number of carbonyl (C=O) groups is 2. The van der Waals surface area contributed by atoms with E-state index in [1.54, 1.807) is 24.3 Å². The number of hydrogen-bond acceptors (Lipinski definition) is 6. The van der Waals surface area contributed by atoms with Crippen LogP contribution in [-0.4, -0.2) is 57.7 Å². The molecule has 1 heterocycles. The van der Waals surface area contributed by atoms with Crippen LogP contribution in [0.3, 0.4) is 0 Å². The molecule has 0 spiro atoms. The van der Waals surface area contributed by atoms with Crippen LogP contribution in [-0.2, 0) is 9.59 Å². The van der Waals surface area contributed by atoms with E-state index < -0.39 is 22.7 Å². The largest absolute Gasteiger partial charge is 0.507 e. The maximum atomic E-state index is 13.2. The summed E-state index contributed by atoms with van der Waals surface area (Å²) in [6.07, 6.45) is 5.10. The van der Waals surface area contributed by atoms with Gasteiger partial charge in [-0.2, -0.15) is 0 Å². The number of hydrogen-bond donors (Lipinski definition) is 1. The van der Waals surface area contributed by atoms with Crippen molar-refractivity contribution < 1.29 is 19.6 Å². The summed E-state index contributed by atoms with van der Waals surface area (Å²) < 4.78 is 0. The minimum Gasteiger partial charge on any atom is -0.507 e. The Morgan fingerprint density at radius 2 is 1.51 bits per heavy atom. The molecule has 0 saturated carbocycles. The van der Waals surface area contributed by atoms with Crippen molar-refractivity contribution in [3.8, 4) is 0 Å². The number of Topliss-reactive ketones (excluding diaryl/α,β-unsaturated/α-hetero) is 1. The first-order valence-electron chi connectivity index (χ1n) is 13.1. The van der Waals surface area contributed by atoms with E-state index in [1.165, 1.54) is 17.0 Å². The molecule has 0 aromatic heterocycles. The van der Waals surface area contributed by atoms with E-state index in [0.717, 1.165) is 50.9 Å². The topological polar surface area (TPSA) is 104 Å². The lowest BCUT2D eigenvalue weighted by Crippen LogP contribution is -2.34. The smallest absolute Gasteiger partial charge is 0.295 e. The molecule has 8 nitrogen and oxygen atoms in total. The summed E-state index contributed by atoms with van der Waals surface area (Å²) in [6, 6.07) is 12.1. The van der Waals surface area contributed by atoms with Gasteiger partial charge in [-0.05, 0) is 63.5 Å². The van der Waals surface area contributed by atoms with Crippen molar-refractivity contribution in [2.75, 3.05) is 26.2 Å². The second-order valence-electron chi connectivity index (χ2n) is 9.61. The van der Waals surface area contributed by atoms with Crippen LogP contribution in [0.15, 0.2) is 54.1 Å². The fourth-order valence-electron chi connectivity index (χ4n) is 4.67. The molecule has 1 fully saturated rings. The molecule has 8 heteroatoms. The van der Waals surface area contributed by atoms with Crippen molar-refractivity contribution in [1.29, 1.82) is 0 Å². The third-order valence-corrected chi connectivity index (χ3v) is 6.81. The van der Waals surface area contributed by atoms with E-state index >= 15 is 0 Å². The van der Waals surface area contributed by atoms with E-state index in [9.17, 15) is 24.8 Å². The number of aliphatic hydroxyl groups excluding tert-OH is 1. The normalized spacial score (nSPS) is 17.1. The summed E-state index contributed by atoms with van der Waals surface area (Å²) in [4.78, 5) is 41.0. The van der Waals surface area contributed by atoms with Crippen LogP contribution in [0.1, 0.15) is 68.7 Å². The first-order valence-corrected chi connectivity index (χ1v) is 13.1. The Kier molecular flexibility index (Phi) is 9.97. The van der Waals surface area contributed by atoms with Crippen molar-refractivity contribution in [1.82, 2.24) is 9.80 Å². The lowest BCUT2D eigenvalue weighted by atomic mass is 9.95. The molecule has 1 amide bonds. The van der Waals surface area contributed by atoms with Gasteiger partial charge >= 0.3 is 0 Å². The number of benzene rings is 2. The van der Waals surface area contributed by atoms with E-state index in [2.05, 4.69) is 18.7 Å². The lowest BCUT2D eigenvalue weighted by Gasteiger charge is -2.27. The van der Waals surface area contributed by atoms with Gasteiger partial charge in [0, 0.05) is 24.2 Å². The molecule has 3 rings (SSSR count). The Bertz CT molecular complexity index is 1120. The van der Waals surface area contributed by atoms with E-state index in [4.69, 9.17) is 0 Å². The number of aliphatic hydroxyl groups is 1. The molecule has 2 aromatic carbocycles. The van der Waals surface area contributed by atoms with Gasteiger partial charge in [0.15, 0.2) is 0 Å². The molecular formula is C29H37N3O5. The van der Waals surface area contributed by atoms with Gasteiger partial charge in [-0.3, -0.25) is 19.7 Å². The van der Waals surface area contributed by atoms with Gasteiger partial charge in [0.25, 0.3) is 17.4 Å². The zero-order valence-corrected chi connectivity index (χ0v) is 22.0. The van der Waals surface area contributed by atoms with Crippen molar-refractivity contribution in [3.63, 3.8) is 0 Å². The van der Waals surface area contributed by atoms with Crippen molar-refractivity contribution in [2.45, 2.75) is 58.9 Å². The average molecular weight is 508 g/mol. The highest BCUT2D eigenvalue weighted by molar-refractivity contribution is 6.46. The number of carbonyl (C=O) groups excluding carboxylic acids is 2. The summed E-state index contributed by atoms with van der Waals surface area (Å²) in [5, 5.41) is 22.3. The average Bonchev–Trinajstić information content (AvgIpc) is 3.15. The number of nitro groups is 1. The van der Waals surface area contributed by atoms with E-state index in [-0.39, 0.29) is 17.0 Å². The molecule has 198 valence electrons. The fraction of sp³-hybridized carbons (Fsp3) is 0.448. The number of nitrogens with zero attached hydrogens (tertiary/aromatic N) is 3. The molecule has 1 saturated heterocycles. The molecule has 1 aliphatic heterocycles. The zero-order chi connectivity index (χ0) is 26.9. The predicted octanol–water partition coefficient (Wildman–Crippen LogP) is 5.62. The summed E-state index contributed by atoms with van der Waals surface area (Å²) >= 11 is 0. The first-order chi connectivity index (χ1) is 17.8. The fourth-order valence-corrected chi connectivity index (χ4v) is 4.67. The zero-order valence-electron chi connectivity index (χ0n) is 22.0. The number of non-ortho nitro benzene ring substituents is 1. The van der Waals surface area contributed by atoms with Crippen LogP contribution >= 0.6 is 0 Å². The Hall–Kier alpha value is -3.52. The van der Waals surface area contributed by atoms with E-state index in [1.807, 2.05) is 19.1 Å². The van der Waals surface area contributed by atoms with Gasteiger partial charge in [0.1, 0.15) is 5.76 Å². The second-order valence-corrected chi connectivity index (χ2v) is 9.61. The maximum Gasteiger partial charge on any atom is 0.295 e. The van der Waals surface area contributed by atoms with Gasteiger partial charge in [0.2, 0.25) is 0 Å². The summed E-state index contributed by atoms with van der Waals surface area (Å²) in [5.74, 6) is -1.64. The van der Waals surface area contributed by atoms with Crippen molar-refractivity contribution in [3.05, 3.63) is 80.9 Å². The van der Waals surface area contributed by atoms with Crippen LogP contribution < -0.4 is 0 Å². The number of unbranched alkanes of at least 4 members (excludes halogenated alkanes) is 2. The van der Waals surface area contributed by atoms with Gasteiger partial charge in [-0.1, -0.05) is 56.5 Å². The molecule has 0 aliphatic carbocycles. The third kappa shape index (κ3) is 6.83. The molecule has 1 atom stereocenters. The van der Waals surface area contributed by atoms with Gasteiger partial charge in [0.05, 0.1) is 16.5 Å². The quantitative estimate of drug-likeness (QED) is 0.124. The monoisotopic (exact) mass is 507 g/mol. The Balaban J connectivity index is 1.94. The highest BCUT2D eigenvalue weighted by Gasteiger charge is 2.45. The van der Waals surface area contributed by atoms with Crippen LogP contribution in [0.25, 0.3) is 5.76 Å². The lowest BCUT2D eigenvalue weighted by molar-refractivity contribution is -0.384. The number of likely N-dealkylation sites (tertiary alicyclic amines) is 1. The number of nitro benzene ring substituents is 1. The summed E-state index contributed by atoms with van der Waals surface area (Å²) in [7, 11) is 0. The van der Waals surface area contributed by atoms with Gasteiger partial charge in [-0.15, -0.1) is 0 Å². The summed E-state index contributed by atoms with van der Waals surface area (Å²) in [5.41, 5.74) is 1.92. The predicted molar refractivity (Wildman–Crippen MR) is 144 cm³/mol. The summed E-state index contributed by atoms with van der Waals surface area (Å²) in [6.45, 7) is 9.37.